The first-order valence-corrected chi connectivity index (χ1v) is 7.93. The maximum absolute atomic E-state index is 11.1. The van der Waals surface area contributed by atoms with Gasteiger partial charge in [-0.2, -0.15) is 0 Å². The molecule has 1 atom stereocenters. The molecule has 0 amide bonds. The lowest BCUT2D eigenvalue weighted by Gasteiger charge is -2.40. The minimum absolute atomic E-state index is 0.547. The van der Waals surface area contributed by atoms with Crippen LogP contribution in [0.4, 0.5) is 0 Å². The van der Waals surface area contributed by atoms with Crippen molar-refractivity contribution >= 4 is 5.97 Å². The molecule has 0 aromatic carbocycles. The largest absolute Gasteiger partial charge is 0.481 e. The van der Waals surface area contributed by atoms with E-state index < -0.39 is 11.4 Å². The summed E-state index contributed by atoms with van der Waals surface area (Å²) in [7, 11) is 0. The fraction of sp³-hybridized carbons (Fsp3) is 0.938. The topological polar surface area (TPSA) is 49.3 Å². The number of carboxylic acids is 1. The molecule has 0 heterocycles. The highest BCUT2D eigenvalue weighted by molar-refractivity contribution is 5.73. The van der Waals surface area contributed by atoms with E-state index in [1.165, 1.54) is 51.4 Å². The standard InChI is InChI=1S/C16H29NO2/c1-15(2,14(18)19)11-12-17-13-7-6-10-16(13)8-4-3-5-9-16/h13,17H,3-12H2,1-2H3,(H,18,19). The van der Waals surface area contributed by atoms with E-state index in [-0.39, 0.29) is 0 Å². The Morgan fingerprint density at radius 3 is 2.47 bits per heavy atom. The summed E-state index contributed by atoms with van der Waals surface area (Å²) in [6.07, 6.45) is 11.7. The van der Waals surface area contributed by atoms with Crippen LogP contribution < -0.4 is 5.32 Å². The van der Waals surface area contributed by atoms with Crippen molar-refractivity contribution in [2.75, 3.05) is 6.54 Å². The highest BCUT2D eigenvalue weighted by Crippen LogP contribution is 2.49. The van der Waals surface area contributed by atoms with E-state index in [0.29, 0.717) is 11.5 Å². The van der Waals surface area contributed by atoms with E-state index in [2.05, 4.69) is 5.32 Å². The van der Waals surface area contributed by atoms with Crippen molar-refractivity contribution in [2.45, 2.75) is 77.7 Å². The molecule has 3 nitrogen and oxygen atoms in total. The van der Waals surface area contributed by atoms with Gasteiger partial charge in [0.25, 0.3) is 0 Å². The molecule has 2 fully saturated rings. The van der Waals surface area contributed by atoms with Crippen molar-refractivity contribution in [3.05, 3.63) is 0 Å². The second kappa shape index (κ2) is 5.82. The van der Waals surface area contributed by atoms with Crippen LogP contribution >= 0.6 is 0 Å². The molecule has 0 aromatic heterocycles. The molecule has 2 rings (SSSR count). The Morgan fingerprint density at radius 1 is 1.21 bits per heavy atom. The lowest BCUT2D eigenvalue weighted by Crippen LogP contribution is -2.44. The van der Waals surface area contributed by atoms with E-state index in [0.717, 1.165) is 13.0 Å². The van der Waals surface area contributed by atoms with Gasteiger partial charge in [-0.3, -0.25) is 4.79 Å². The Balaban J connectivity index is 1.83. The molecule has 19 heavy (non-hydrogen) atoms. The predicted octanol–water partition coefficient (Wildman–Crippen LogP) is 3.58. The van der Waals surface area contributed by atoms with Gasteiger partial charge in [0.15, 0.2) is 0 Å². The molecular formula is C16H29NO2. The highest BCUT2D eigenvalue weighted by Gasteiger charge is 2.42. The van der Waals surface area contributed by atoms with Gasteiger partial charge in [0.05, 0.1) is 5.41 Å². The molecule has 0 saturated heterocycles. The summed E-state index contributed by atoms with van der Waals surface area (Å²) >= 11 is 0. The fourth-order valence-corrected chi connectivity index (χ4v) is 3.98. The third-order valence-corrected chi connectivity index (χ3v) is 5.48. The Morgan fingerprint density at radius 2 is 1.84 bits per heavy atom. The molecule has 1 spiro atoms. The smallest absolute Gasteiger partial charge is 0.309 e. The number of carboxylic acid groups (broad SMARTS) is 1. The second-order valence-electron chi connectivity index (χ2n) is 7.26. The first-order valence-electron chi connectivity index (χ1n) is 7.93. The zero-order valence-electron chi connectivity index (χ0n) is 12.5. The molecule has 2 saturated carbocycles. The molecule has 0 aromatic rings. The molecule has 2 aliphatic rings. The summed E-state index contributed by atoms with van der Waals surface area (Å²) in [6, 6.07) is 0.636. The van der Waals surface area contributed by atoms with Crippen LogP contribution in [0.15, 0.2) is 0 Å². The maximum atomic E-state index is 11.1. The molecule has 0 radical (unpaired) electrons. The van der Waals surface area contributed by atoms with Gasteiger partial charge < -0.3 is 10.4 Å². The predicted molar refractivity (Wildman–Crippen MR) is 77.2 cm³/mol. The minimum Gasteiger partial charge on any atom is -0.481 e. The fourth-order valence-electron chi connectivity index (χ4n) is 3.98. The number of hydrogen-bond donors (Lipinski definition) is 2. The number of carbonyl (C=O) groups is 1. The van der Waals surface area contributed by atoms with E-state index in [4.69, 9.17) is 5.11 Å². The van der Waals surface area contributed by atoms with Crippen LogP contribution in [0.1, 0.15) is 71.6 Å². The van der Waals surface area contributed by atoms with Gasteiger partial charge in [0.2, 0.25) is 0 Å². The van der Waals surface area contributed by atoms with Gasteiger partial charge in [-0.15, -0.1) is 0 Å². The number of nitrogens with one attached hydrogen (secondary N) is 1. The SMILES string of the molecule is CC(C)(CCNC1CCCC12CCCCC2)C(=O)O. The summed E-state index contributed by atoms with van der Waals surface area (Å²) in [6.45, 7) is 4.48. The summed E-state index contributed by atoms with van der Waals surface area (Å²) in [4.78, 5) is 11.1. The van der Waals surface area contributed by atoms with Crippen LogP contribution in [0.3, 0.4) is 0 Å². The molecule has 2 N–H and O–H groups in total. The summed E-state index contributed by atoms with van der Waals surface area (Å²) in [5.74, 6) is -0.687. The summed E-state index contributed by atoms with van der Waals surface area (Å²) in [5, 5.41) is 12.8. The van der Waals surface area contributed by atoms with Crippen molar-refractivity contribution in [1.29, 1.82) is 0 Å². The summed E-state index contributed by atoms with van der Waals surface area (Å²) < 4.78 is 0. The van der Waals surface area contributed by atoms with Gasteiger partial charge >= 0.3 is 5.97 Å². The van der Waals surface area contributed by atoms with Gasteiger partial charge in [0, 0.05) is 6.04 Å². The average Bonchev–Trinajstić information content (AvgIpc) is 2.73. The van der Waals surface area contributed by atoms with Crippen LogP contribution in [-0.4, -0.2) is 23.7 Å². The average molecular weight is 267 g/mol. The second-order valence-corrected chi connectivity index (χ2v) is 7.26. The first-order chi connectivity index (χ1) is 8.96. The zero-order valence-corrected chi connectivity index (χ0v) is 12.5. The van der Waals surface area contributed by atoms with Crippen molar-refractivity contribution < 1.29 is 9.90 Å². The van der Waals surface area contributed by atoms with Crippen LogP contribution in [0.2, 0.25) is 0 Å². The van der Waals surface area contributed by atoms with Gasteiger partial charge in [-0.1, -0.05) is 25.7 Å². The molecule has 0 bridgehead atoms. The van der Waals surface area contributed by atoms with E-state index in [9.17, 15) is 4.79 Å². The lowest BCUT2D eigenvalue weighted by atomic mass is 9.70. The van der Waals surface area contributed by atoms with Gasteiger partial charge in [-0.05, 0) is 57.9 Å². The van der Waals surface area contributed by atoms with Gasteiger partial charge in [-0.25, -0.2) is 0 Å². The third kappa shape index (κ3) is 3.31. The number of hydrogen-bond acceptors (Lipinski definition) is 2. The normalized spacial score (nSPS) is 26.7. The van der Waals surface area contributed by atoms with E-state index in [1.807, 2.05) is 13.8 Å². The monoisotopic (exact) mass is 267 g/mol. The molecule has 0 aliphatic heterocycles. The third-order valence-electron chi connectivity index (χ3n) is 5.48. The quantitative estimate of drug-likeness (QED) is 0.800. The Kier molecular flexibility index (Phi) is 4.54. The van der Waals surface area contributed by atoms with E-state index >= 15 is 0 Å². The molecule has 110 valence electrons. The summed E-state index contributed by atoms with van der Waals surface area (Å²) in [5.41, 5.74) is -0.0586. The molecular weight excluding hydrogens is 238 g/mol. The lowest BCUT2D eigenvalue weighted by molar-refractivity contribution is -0.147. The van der Waals surface area contributed by atoms with Crippen molar-refractivity contribution in [1.82, 2.24) is 5.32 Å². The Hall–Kier alpha value is -0.570. The Labute approximate surface area is 117 Å². The molecule has 2 aliphatic carbocycles. The van der Waals surface area contributed by atoms with Crippen molar-refractivity contribution in [2.24, 2.45) is 10.8 Å². The van der Waals surface area contributed by atoms with Gasteiger partial charge in [0.1, 0.15) is 0 Å². The van der Waals surface area contributed by atoms with Crippen molar-refractivity contribution in [3.8, 4) is 0 Å². The van der Waals surface area contributed by atoms with Crippen LogP contribution in [0.25, 0.3) is 0 Å². The van der Waals surface area contributed by atoms with Crippen LogP contribution in [0, 0.1) is 10.8 Å². The molecule has 1 unspecified atom stereocenters. The van der Waals surface area contributed by atoms with Crippen LogP contribution in [0.5, 0.6) is 0 Å². The van der Waals surface area contributed by atoms with E-state index in [1.54, 1.807) is 0 Å². The van der Waals surface area contributed by atoms with Crippen LogP contribution in [-0.2, 0) is 4.79 Å². The zero-order chi connectivity index (χ0) is 13.9. The minimum atomic E-state index is -0.687. The number of aliphatic carboxylic acids is 1. The van der Waals surface area contributed by atoms with Crippen molar-refractivity contribution in [3.63, 3.8) is 0 Å². The molecule has 3 heteroatoms. The first kappa shape index (κ1) is 14.8. The number of rotatable bonds is 5. The maximum Gasteiger partial charge on any atom is 0.309 e. The highest BCUT2D eigenvalue weighted by atomic mass is 16.4. The Bertz CT molecular complexity index is 319.